The zero-order chi connectivity index (χ0) is 18.1. The maximum atomic E-state index is 11.8. The lowest BCUT2D eigenvalue weighted by Crippen LogP contribution is -2.28. The van der Waals surface area contributed by atoms with Crippen molar-refractivity contribution < 1.29 is 9.59 Å². The van der Waals surface area contributed by atoms with Crippen molar-refractivity contribution >= 4 is 11.8 Å². The van der Waals surface area contributed by atoms with Crippen LogP contribution in [0.5, 0.6) is 0 Å². The van der Waals surface area contributed by atoms with Crippen molar-refractivity contribution in [1.82, 2.24) is 5.32 Å². The van der Waals surface area contributed by atoms with Gasteiger partial charge in [-0.15, -0.1) is 0 Å². The fourth-order valence-corrected chi connectivity index (χ4v) is 2.00. The molecule has 0 saturated carbocycles. The van der Waals surface area contributed by atoms with Crippen molar-refractivity contribution in [3.05, 3.63) is 70.8 Å². The number of carbonyl (C=O) groups excluding carboxylic acids is 2. The number of rotatable bonds is 4. The van der Waals surface area contributed by atoms with Gasteiger partial charge in [0.15, 0.2) is 0 Å². The van der Waals surface area contributed by atoms with Crippen LogP contribution in [0.25, 0.3) is 0 Å². The first-order valence-corrected chi connectivity index (χ1v) is 7.61. The van der Waals surface area contributed by atoms with Crippen LogP contribution in [-0.2, 0) is 0 Å². The molecular formula is C20H17N3O2. The van der Waals surface area contributed by atoms with E-state index in [1.165, 1.54) is 0 Å². The fraction of sp³-hybridized carbons (Fsp3) is 0.100. The molecule has 0 aromatic heterocycles. The minimum atomic E-state index is -0.527. The van der Waals surface area contributed by atoms with Gasteiger partial charge in [0.05, 0.1) is 5.56 Å². The maximum absolute atomic E-state index is 11.8. The molecule has 0 bridgehead atoms. The number of carbonyl (C=O) groups is 2. The van der Waals surface area contributed by atoms with Gasteiger partial charge < -0.3 is 16.8 Å². The lowest BCUT2D eigenvalue weighted by Gasteiger charge is -2.02. The number of primary amides is 1. The Morgan fingerprint density at radius 3 is 2.32 bits per heavy atom. The Labute approximate surface area is 146 Å². The first kappa shape index (κ1) is 17.8. The molecule has 0 spiro atoms. The van der Waals surface area contributed by atoms with Crippen LogP contribution < -0.4 is 16.8 Å². The van der Waals surface area contributed by atoms with Gasteiger partial charge in [-0.05, 0) is 48.2 Å². The van der Waals surface area contributed by atoms with E-state index in [0.29, 0.717) is 29.8 Å². The van der Waals surface area contributed by atoms with Gasteiger partial charge in [0, 0.05) is 29.8 Å². The van der Waals surface area contributed by atoms with E-state index in [4.69, 9.17) is 11.5 Å². The summed E-state index contributed by atoms with van der Waals surface area (Å²) in [4.78, 5) is 23.1. The Hall–Kier alpha value is -3.54. The van der Waals surface area contributed by atoms with Crippen LogP contribution in [0.3, 0.4) is 0 Å². The van der Waals surface area contributed by atoms with E-state index in [-0.39, 0.29) is 5.91 Å². The molecule has 124 valence electrons. The van der Waals surface area contributed by atoms with E-state index < -0.39 is 5.91 Å². The van der Waals surface area contributed by atoms with Crippen LogP contribution in [0, 0.1) is 23.7 Å². The molecule has 0 fully saturated rings. The average Bonchev–Trinajstić information content (AvgIpc) is 2.64. The minimum Gasteiger partial charge on any atom is -0.366 e. The molecule has 0 atom stereocenters. The Kier molecular flexibility index (Phi) is 6.36. The van der Waals surface area contributed by atoms with Crippen molar-refractivity contribution in [2.75, 3.05) is 13.1 Å². The molecule has 5 heteroatoms. The van der Waals surface area contributed by atoms with E-state index in [1.54, 1.807) is 48.5 Å². The third-order valence-electron chi connectivity index (χ3n) is 3.24. The molecule has 25 heavy (non-hydrogen) atoms. The molecule has 5 nitrogen and oxygen atoms in total. The Morgan fingerprint density at radius 1 is 0.960 bits per heavy atom. The molecule has 2 aromatic carbocycles. The third-order valence-corrected chi connectivity index (χ3v) is 3.24. The number of nitrogens with one attached hydrogen (secondary N) is 1. The Balaban J connectivity index is 2.08. The van der Waals surface area contributed by atoms with Gasteiger partial charge in [0.25, 0.3) is 5.91 Å². The van der Waals surface area contributed by atoms with Gasteiger partial charge in [-0.1, -0.05) is 24.0 Å². The zero-order valence-electron chi connectivity index (χ0n) is 13.5. The molecule has 0 aliphatic heterocycles. The topological polar surface area (TPSA) is 98.2 Å². The van der Waals surface area contributed by atoms with Gasteiger partial charge in [-0.2, -0.15) is 0 Å². The van der Waals surface area contributed by atoms with Gasteiger partial charge in [-0.3, -0.25) is 9.59 Å². The van der Waals surface area contributed by atoms with Gasteiger partial charge in [-0.25, -0.2) is 0 Å². The quantitative estimate of drug-likeness (QED) is 0.725. The molecule has 0 aliphatic rings. The second-order valence-corrected chi connectivity index (χ2v) is 5.03. The standard InChI is InChI=1S/C20H17N3O2/c21-13-14-23-20(25)17-11-9-15(10-12-17)5-1-2-6-16-7-3-4-8-18(16)19(22)24/h3-4,7-12H,13-14,21H2,(H2,22,24)(H,23,25). The first-order chi connectivity index (χ1) is 12.1. The summed E-state index contributed by atoms with van der Waals surface area (Å²) in [6.45, 7) is 0.829. The highest BCUT2D eigenvalue weighted by Crippen LogP contribution is 2.06. The van der Waals surface area contributed by atoms with Crippen molar-refractivity contribution in [3.63, 3.8) is 0 Å². The first-order valence-electron chi connectivity index (χ1n) is 7.61. The van der Waals surface area contributed by atoms with Crippen LogP contribution >= 0.6 is 0 Å². The average molecular weight is 331 g/mol. The zero-order valence-corrected chi connectivity index (χ0v) is 13.5. The van der Waals surface area contributed by atoms with Gasteiger partial charge >= 0.3 is 0 Å². The molecule has 0 radical (unpaired) electrons. The molecule has 0 saturated heterocycles. The summed E-state index contributed by atoms with van der Waals surface area (Å²) in [5, 5.41) is 2.69. The van der Waals surface area contributed by atoms with Crippen molar-refractivity contribution in [2.45, 2.75) is 0 Å². The highest BCUT2D eigenvalue weighted by molar-refractivity contribution is 5.95. The van der Waals surface area contributed by atoms with Crippen molar-refractivity contribution in [1.29, 1.82) is 0 Å². The van der Waals surface area contributed by atoms with Crippen LogP contribution in [0.2, 0.25) is 0 Å². The molecule has 0 heterocycles. The second-order valence-electron chi connectivity index (χ2n) is 5.03. The van der Waals surface area contributed by atoms with E-state index in [1.807, 2.05) is 0 Å². The number of hydrogen-bond acceptors (Lipinski definition) is 3. The lowest BCUT2D eigenvalue weighted by molar-refractivity contribution is 0.0953. The van der Waals surface area contributed by atoms with E-state index in [9.17, 15) is 9.59 Å². The van der Waals surface area contributed by atoms with Gasteiger partial charge in [0.2, 0.25) is 5.91 Å². The number of nitrogens with two attached hydrogens (primary N) is 2. The predicted octanol–water partition coefficient (Wildman–Crippen LogP) is 0.877. The molecule has 0 aliphatic carbocycles. The van der Waals surface area contributed by atoms with E-state index in [0.717, 1.165) is 5.56 Å². The maximum Gasteiger partial charge on any atom is 0.251 e. The summed E-state index contributed by atoms with van der Waals surface area (Å²) in [6, 6.07) is 13.7. The molecule has 2 amide bonds. The molecule has 5 N–H and O–H groups in total. The highest BCUT2D eigenvalue weighted by Gasteiger charge is 2.04. The van der Waals surface area contributed by atoms with E-state index >= 15 is 0 Å². The molecule has 2 rings (SSSR count). The van der Waals surface area contributed by atoms with Crippen LogP contribution in [0.1, 0.15) is 31.8 Å². The molecular weight excluding hydrogens is 314 g/mol. The van der Waals surface area contributed by atoms with Crippen LogP contribution in [-0.4, -0.2) is 24.9 Å². The van der Waals surface area contributed by atoms with Crippen LogP contribution in [0.15, 0.2) is 48.5 Å². The summed E-state index contributed by atoms with van der Waals surface area (Å²) in [7, 11) is 0. The molecule has 2 aromatic rings. The SMILES string of the molecule is NCCNC(=O)c1ccc(C#CC#Cc2ccccc2C(N)=O)cc1. The minimum absolute atomic E-state index is 0.173. The Bertz CT molecular complexity index is 894. The second kappa shape index (κ2) is 8.93. The predicted molar refractivity (Wildman–Crippen MR) is 96.5 cm³/mol. The monoisotopic (exact) mass is 331 g/mol. The summed E-state index contributed by atoms with van der Waals surface area (Å²) in [6.07, 6.45) is 0. The molecule has 0 unspecified atom stereocenters. The lowest BCUT2D eigenvalue weighted by atomic mass is 10.1. The normalized spacial score (nSPS) is 9.16. The summed E-state index contributed by atoms with van der Waals surface area (Å²) >= 11 is 0. The number of hydrogen-bond donors (Lipinski definition) is 3. The summed E-state index contributed by atoms with van der Waals surface area (Å²) < 4.78 is 0. The largest absolute Gasteiger partial charge is 0.366 e. The number of benzene rings is 2. The van der Waals surface area contributed by atoms with Gasteiger partial charge in [0.1, 0.15) is 0 Å². The summed E-state index contributed by atoms with van der Waals surface area (Å²) in [5.41, 5.74) is 12.8. The fourth-order valence-electron chi connectivity index (χ4n) is 2.00. The van der Waals surface area contributed by atoms with E-state index in [2.05, 4.69) is 29.0 Å². The van der Waals surface area contributed by atoms with Crippen molar-refractivity contribution in [3.8, 4) is 23.7 Å². The highest BCUT2D eigenvalue weighted by atomic mass is 16.2. The summed E-state index contributed by atoms with van der Waals surface area (Å²) in [5.74, 6) is 10.4. The van der Waals surface area contributed by atoms with Crippen LogP contribution in [0.4, 0.5) is 0 Å². The number of amides is 2. The van der Waals surface area contributed by atoms with Crippen molar-refractivity contribution in [2.24, 2.45) is 11.5 Å². The third kappa shape index (κ3) is 5.24. The smallest absolute Gasteiger partial charge is 0.251 e. The Morgan fingerprint density at radius 2 is 1.64 bits per heavy atom.